The van der Waals surface area contributed by atoms with Crippen LogP contribution in [0.1, 0.15) is 141 Å². The summed E-state index contributed by atoms with van der Waals surface area (Å²) in [6.07, 6.45) is 0.766. The molecule has 0 bridgehead atoms. The van der Waals surface area contributed by atoms with Crippen LogP contribution in [0.5, 0.6) is 0 Å². The second kappa shape index (κ2) is 50.1. The predicted octanol–water partition coefficient (Wildman–Crippen LogP) is -2.09. The summed E-state index contributed by atoms with van der Waals surface area (Å²) in [5, 5.41) is 44.0. The van der Waals surface area contributed by atoms with Crippen molar-refractivity contribution in [3.8, 4) is 0 Å². The van der Waals surface area contributed by atoms with Gasteiger partial charge in [-0.3, -0.25) is 71.9 Å². The number of benzene rings is 5. The van der Waals surface area contributed by atoms with Gasteiger partial charge in [-0.1, -0.05) is 156 Å². The average Bonchev–Trinajstić information content (AvgIpc) is 0.818. The fraction of sp³-hybridized carbons (Fsp3) is 0.500. The molecule has 0 aliphatic rings. The molecule has 0 aromatic heterocycles. The Morgan fingerprint density at radius 3 is 1.28 bits per heavy atom. The van der Waals surface area contributed by atoms with Gasteiger partial charge in [0.2, 0.25) is 88.6 Å². The van der Waals surface area contributed by atoms with Gasteiger partial charge in [-0.05, 0) is 141 Å². The van der Waals surface area contributed by atoms with Gasteiger partial charge in [0.05, 0.1) is 25.6 Å². The van der Waals surface area contributed by atoms with Crippen LogP contribution >= 0.6 is 0 Å². The molecule has 0 saturated carbocycles. The predicted molar refractivity (Wildman–Crippen MR) is 439 cm³/mol. The van der Waals surface area contributed by atoms with Crippen molar-refractivity contribution in [3.05, 3.63) is 132 Å². The van der Waals surface area contributed by atoms with E-state index in [1.54, 1.807) is 105 Å². The van der Waals surface area contributed by atoms with E-state index in [1.807, 2.05) is 38.1 Å². The normalized spacial score (nSPS) is 14.6. The zero-order valence-electron chi connectivity index (χ0n) is 67.2. The number of rotatable bonds is 53. The summed E-state index contributed by atoms with van der Waals surface area (Å²) in [7, 11) is 0. The molecule has 638 valence electrons. The lowest BCUT2D eigenvalue weighted by Gasteiger charge is -2.28. The number of nitrogens with one attached hydrogen (secondary N) is 12. The van der Waals surface area contributed by atoms with Crippen molar-refractivity contribution in [1.82, 2.24) is 63.8 Å². The minimum atomic E-state index is -1.83. The SMILES string of the molecule is CC[C@H](C)[C@@H](NC(=O)[C@@H](CO)NC(=O)CNC(=O)[C@H](CCCCN)NC(=O)[C@H](Cc1cccc2ccccc12)NC(=O)[C@H](CCCCN)NC(=O)[C@H](C)NC(=O)[C@H](CCC(N)=O)NC(=O)[C@H](Cc1cccc2ccccc12)NC(=O)[C@H](CC(N)=O)NC(=O)[C@H](Cc1ccccc1)NC(=O)[C@@H](CC(C)C)NC(=O)[C@H](N)CCCCN)C(N)=O. The first-order valence-corrected chi connectivity index (χ1v) is 39.7. The van der Waals surface area contributed by atoms with E-state index in [9.17, 15) is 72.2 Å². The largest absolute Gasteiger partial charge is 0.394 e. The van der Waals surface area contributed by atoms with Gasteiger partial charge in [-0.2, -0.15) is 0 Å². The molecule has 15 amide bonds. The molecule has 5 aromatic carbocycles. The maximum atomic E-state index is 15.1. The molecular weight excluding hydrogens is 1510 g/mol. The van der Waals surface area contributed by atoms with E-state index < -0.39 is 199 Å². The van der Waals surface area contributed by atoms with Crippen molar-refractivity contribution < 1.29 is 77.0 Å². The van der Waals surface area contributed by atoms with Gasteiger partial charge in [0, 0.05) is 25.7 Å². The third-order valence-electron chi connectivity index (χ3n) is 19.8. The number of amides is 15. The van der Waals surface area contributed by atoms with Crippen LogP contribution in [0.4, 0.5) is 0 Å². The molecule has 0 unspecified atom stereocenters. The van der Waals surface area contributed by atoms with Gasteiger partial charge in [0.25, 0.3) is 0 Å². The first-order chi connectivity index (χ1) is 55.8. The smallest absolute Gasteiger partial charge is 0.245 e. The van der Waals surface area contributed by atoms with Crippen LogP contribution < -0.4 is 104 Å². The number of hydrogen-bond acceptors (Lipinski definition) is 20. The Morgan fingerprint density at radius 2 is 0.795 bits per heavy atom. The Bertz CT molecular complexity index is 4180. The highest BCUT2D eigenvalue weighted by molar-refractivity contribution is 6.01. The highest BCUT2D eigenvalue weighted by Crippen LogP contribution is 2.23. The number of aliphatic hydroxyl groups is 1. The van der Waals surface area contributed by atoms with Gasteiger partial charge in [-0.25, -0.2) is 0 Å². The maximum absolute atomic E-state index is 15.1. The van der Waals surface area contributed by atoms with E-state index in [4.69, 9.17) is 40.1 Å². The van der Waals surface area contributed by atoms with E-state index in [-0.39, 0.29) is 70.4 Å². The van der Waals surface area contributed by atoms with Crippen molar-refractivity contribution in [2.75, 3.05) is 32.8 Å². The molecule has 0 fully saturated rings. The quantitative estimate of drug-likeness (QED) is 0.0186. The molecule has 27 N–H and O–H groups in total. The number of fused-ring (bicyclic) bond motifs is 2. The summed E-state index contributed by atoms with van der Waals surface area (Å²) in [4.78, 5) is 209. The highest BCUT2D eigenvalue weighted by Gasteiger charge is 2.38. The Kier molecular flexibility index (Phi) is 41.1. The van der Waals surface area contributed by atoms with Gasteiger partial charge >= 0.3 is 0 Å². The Morgan fingerprint density at radius 1 is 0.385 bits per heavy atom. The minimum absolute atomic E-state index is 0.0197. The van der Waals surface area contributed by atoms with E-state index in [0.717, 1.165) is 10.8 Å². The third kappa shape index (κ3) is 32.6. The molecular formula is C82H119N19O16. The van der Waals surface area contributed by atoms with Crippen LogP contribution in [0.15, 0.2) is 115 Å². The van der Waals surface area contributed by atoms with Crippen molar-refractivity contribution in [2.45, 2.75) is 216 Å². The topological polar surface area (TPSA) is 603 Å². The summed E-state index contributed by atoms with van der Waals surface area (Å²) in [5.74, 6) is -14.3. The molecule has 0 aliphatic heterocycles. The Hall–Kier alpha value is -11.5. The summed E-state index contributed by atoms with van der Waals surface area (Å²) >= 11 is 0. The molecule has 0 aliphatic carbocycles. The number of primary amides is 3. The molecule has 35 nitrogen and oxygen atoms in total. The summed E-state index contributed by atoms with van der Waals surface area (Å²) < 4.78 is 0. The number of aliphatic hydroxyl groups excluding tert-OH is 1. The highest BCUT2D eigenvalue weighted by atomic mass is 16.3. The zero-order chi connectivity index (χ0) is 86.3. The molecule has 0 saturated heterocycles. The van der Waals surface area contributed by atoms with Crippen LogP contribution in [0.25, 0.3) is 21.5 Å². The van der Waals surface area contributed by atoms with Gasteiger partial charge in [0.1, 0.15) is 66.5 Å². The molecule has 117 heavy (non-hydrogen) atoms. The first kappa shape index (κ1) is 96.1. The van der Waals surface area contributed by atoms with Gasteiger partial charge in [-0.15, -0.1) is 0 Å². The fourth-order valence-corrected chi connectivity index (χ4v) is 13.0. The van der Waals surface area contributed by atoms with Crippen LogP contribution in [-0.2, 0) is 91.2 Å². The number of unbranched alkanes of at least 4 members (excludes halogenated alkanes) is 3. The molecule has 5 rings (SSSR count). The minimum Gasteiger partial charge on any atom is -0.394 e. The van der Waals surface area contributed by atoms with Crippen LogP contribution in [0.2, 0.25) is 0 Å². The zero-order valence-corrected chi connectivity index (χ0v) is 67.2. The van der Waals surface area contributed by atoms with E-state index in [2.05, 4.69) is 63.8 Å². The third-order valence-corrected chi connectivity index (χ3v) is 19.8. The molecule has 0 heterocycles. The lowest BCUT2D eigenvalue weighted by atomic mass is 9.97. The lowest BCUT2D eigenvalue weighted by Crippen LogP contribution is -2.61. The maximum Gasteiger partial charge on any atom is 0.245 e. The first-order valence-electron chi connectivity index (χ1n) is 39.7. The molecule has 0 spiro atoms. The fourth-order valence-electron chi connectivity index (χ4n) is 13.0. The van der Waals surface area contributed by atoms with Crippen LogP contribution in [-0.4, -0.2) is 199 Å². The molecule has 13 atom stereocenters. The van der Waals surface area contributed by atoms with Crippen LogP contribution in [0, 0.1) is 11.8 Å². The monoisotopic (exact) mass is 1630 g/mol. The second-order valence-corrected chi connectivity index (χ2v) is 29.7. The summed E-state index contributed by atoms with van der Waals surface area (Å²) in [6.45, 7) is 7.49. The van der Waals surface area contributed by atoms with Crippen LogP contribution in [0.3, 0.4) is 0 Å². The summed E-state index contributed by atoms with van der Waals surface area (Å²) in [6, 6.07) is 16.0. The average molecular weight is 1630 g/mol. The molecule has 0 radical (unpaired) electrons. The van der Waals surface area contributed by atoms with E-state index in [0.29, 0.717) is 72.5 Å². The Labute approximate surface area is 681 Å². The standard InChI is InChI=1S/C82H119N19O16/c1-6-48(4)70(71(89)106)101-82(117)66(46-102)92-69(105)45-90-74(109)58(33-15-18-38-84)94-79(114)63(42-53-28-20-26-51-24-10-12-30-55(51)53)98-76(111)59(34-16-19-39-85)93-72(107)49(5)91-75(110)60(35-36-67(87)103)95-80(115)64(43-54-29-21-27-52-25-11-13-31-56(52)54)99-81(116)65(44-68(88)104)100-78(113)62(41-50-22-8-7-9-23-50)97-77(112)61(40-47(2)3)96-73(108)57(86)32-14-17-37-83/h7-13,20-31,47-49,57-66,70,102H,6,14-19,32-46,83-86H2,1-5H3,(H2,87,103)(H2,88,104)(H2,89,106)(H,90,109)(H,91,110)(H,92,105)(H,93,107)(H,94,114)(H,95,115)(H,96,108)(H,97,112)(H,98,111)(H,99,116)(H,100,113)(H,101,117)/t48-,49-,57+,58-,59-,60-,61+,62-,63-,64-,65-,66+,70+/m0/s1. The second-order valence-electron chi connectivity index (χ2n) is 29.7. The number of nitrogens with two attached hydrogens (primary N) is 7. The summed E-state index contributed by atoms with van der Waals surface area (Å²) in [5.41, 5.74) is 42.1. The Balaban J connectivity index is 1.43. The van der Waals surface area contributed by atoms with Crippen molar-refractivity contribution >= 4 is 110 Å². The molecule has 5 aromatic rings. The molecule has 35 heteroatoms. The number of carbonyl (C=O) groups excluding carboxylic acids is 15. The van der Waals surface area contributed by atoms with E-state index in [1.165, 1.54) is 6.92 Å². The lowest BCUT2D eigenvalue weighted by molar-refractivity contribution is -0.136. The van der Waals surface area contributed by atoms with Crippen molar-refractivity contribution in [3.63, 3.8) is 0 Å². The number of hydrogen-bond donors (Lipinski definition) is 20. The van der Waals surface area contributed by atoms with Crippen molar-refractivity contribution in [1.29, 1.82) is 0 Å². The van der Waals surface area contributed by atoms with Gasteiger partial charge in [0.15, 0.2) is 0 Å². The number of carbonyl (C=O) groups is 15. The van der Waals surface area contributed by atoms with E-state index >= 15 is 4.79 Å². The van der Waals surface area contributed by atoms with Gasteiger partial charge < -0.3 is 109 Å². The van der Waals surface area contributed by atoms with Crippen molar-refractivity contribution in [2.24, 2.45) is 52.0 Å².